The van der Waals surface area contributed by atoms with Gasteiger partial charge in [-0.05, 0) is 12.5 Å². The summed E-state index contributed by atoms with van der Waals surface area (Å²) in [7, 11) is 0. The summed E-state index contributed by atoms with van der Waals surface area (Å²) in [5, 5.41) is 10.3. The number of fused-ring (bicyclic) bond motifs is 1. The number of benzene rings is 1. The van der Waals surface area contributed by atoms with Crippen LogP contribution in [-0.4, -0.2) is 48.7 Å². The molecule has 10 heteroatoms. The maximum Gasteiger partial charge on any atom is 0.358 e. The Bertz CT molecular complexity index is 819. The highest BCUT2D eigenvalue weighted by atomic mass is 35.6. The van der Waals surface area contributed by atoms with Gasteiger partial charge >= 0.3 is 5.97 Å². The minimum absolute atomic E-state index is 0.265. The lowest BCUT2D eigenvalue weighted by atomic mass is 10.1. The molecular weight excluding hydrogens is 435 g/mol. The van der Waals surface area contributed by atoms with E-state index in [4.69, 9.17) is 39.5 Å². The lowest BCUT2D eigenvalue weighted by Crippen LogP contribution is -2.61. The zero-order valence-electron chi connectivity index (χ0n) is 14.1. The van der Waals surface area contributed by atoms with Crippen molar-refractivity contribution in [3.63, 3.8) is 0 Å². The summed E-state index contributed by atoms with van der Waals surface area (Å²) in [6.45, 7) is 0.782. The van der Waals surface area contributed by atoms with Crippen molar-refractivity contribution >= 4 is 63.5 Å². The average Bonchev–Trinajstić information content (AvgIpc) is 2.96. The second-order valence-corrected chi connectivity index (χ2v) is 9.68. The monoisotopic (exact) mass is 448 g/mol. The molecule has 0 saturated carbocycles. The van der Waals surface area contributed by atoms with E-state index in [1.54, 1.807) is 0 Å². The van der Waals surface area contributed by atoms with E-state index in [2.05, 4.69) is 4.99 Å². The fourth-order valence-electron chi connectivity index (χ4n) is 2.74. The Labute approximate surface area is 175 Å². The molecule has 1 fully saturated rings. The highest BCUT2D eigenvalue weighted by Crippen LogP contribution is 2.42. The summed E-state index contributed by atoms with van der Waals surface area (Å²) in [4.78, 5) is 30.4. The average molecular weight is 450 g/mol. The Balaban J connectivity index is 1.70. The van der Waals surface area contributed by atoms with Gasteiger partial charge in [0.1, 0.15) is 17.7 Å². The SMILES string of the molecule is CC(O)=C(C(=O)OCC(Cl)(Cl)Cl)N1C(=O)C2N=C(Cc3ccccc3)SC21. The Morgan fingerprint density at radius 2 is 2.00 bits per heavy atom. The molecule has 1 aromatic carbocycles. The van der Waals surface area contributed by atoms with Crippen molar-refractivity contribution in [2.24, 2.45) is 4.99 Å². The first-order chi connectivity index (χ1) is 12.7. The van der Waals surface area contributed by atoms with E-state index in [0.717, 1.165) is 10.6 Å². The molecule has 2 atom stereocenters. The normalized spacial score (nSPS) is 22.6. The number of carbonyl (C=O) groups excluding carboxylic acids is 2. The van der Waals surface area contributed by atoms with E-state index >= 15 is 0 Å². The van der Waals surface area contributed by atoms with Crippen molar-refractivity contribution in [1.29, 1.82) is 0 Å². The minimum atomic E-state index is -1.79. The number of carbonyl (C=O) groups is 2. The maximum atomic E-state index is 12.5. The number of thioether (sulfide) groups is 1. The minimum Gasteiger partial charge on any atom is -0.510 e. The van der Waals surface area contributed by atoms with Crippen molar-refractivity contribution < 1.29 is 19.4 Å². The van der Waals surface area contributed by atoms with Gasteiger partial charge in [0.15, 0.2) is 11.7 Å². The third kappa shape index (κ3) is 4.54. The van der Waals surface area contributed by atoms with Crippen LogP contribution < -0.4 is 0 Å². The fourth-order valence-corrected chi connectivity index (χ4v) is 4.23. The van der Waals surface area contributed by atoms with Gasteiger partial charge in [0, 0.05) is 6.42 Å². The number of allylic oxidation sites excluding steroid dienone is 1. The zero-order chi connectivity index (χ0) is 19.8. The van der Waals surface area contributed by atoms with E-state index in [1.807, 2.05) is 30.3 Å². The second-order valence-electron chi connectivity index (χ2n) is 5.97. The lowest BCUT2D eigenvalue weighted by Gasteiger charge is -2.41. The van der Waals surface area contributed by atoms with Gasteiger partial charge in [-0.2, -0.15) is 0 Å². The van der Waals surface area contributed by atoms with Crippen LogP contribution in [0.1, 0.15) is 12.5 Å². The van der Waals surface area contributed by atoms with Gasteiger partial charge in [0.05, 0.1) is 5.04 Å². The highest BCUT2D eigenvalue weighted by molar-refractivity contribution is 8.14. The molecule has 1 saturated heterocycles. The molecule has 1 N–H and O–H groups in total. The number of aliphatic imine (C=N–C) groups is 1. The van der Waals surface area contributed by atoms with Crippen LogP contribution in [0, 0.1) is 0 Å². The summed E-state index contributed by atoms with van der Waals surface area (Å²) in [6, 6.07) is 9.15. The summed E-state index contributed by atoms with van der Waals surface area (Å²) in [5.41, 5.74) is 0.805. The number of hydrogen-bond donors (Lipinski definition) is 1. The number of aliphatic hydroxyl groups is 1. The quantitative estimate of drug-likeness (QED) is 0.244. The Kier molecular flexibility index (Phi) is 5.96. The van der Waals surface area contributed by atoms with Crippen LogP contribution in [0.25, 0.3) is 0 Å². The molecule has 0 aromatic heterocycles. The van der Waals surface area contributed by atoms with E-state index < -0.39 is 27.8 Å². The van der Waals surface area contributed by atoms with Gasteiger partial charge in [0.25, 0.3) is 5.91 Å². The van der Waals surface area contributed by atoms with E-state index in [9.17, 15) is 14.7 Å². The molecule has 1 aromatic rings. The number of rotatable bonds is 5. The standard InChI is InChI=1S/C17H15Cl3N2O4S/c1-9(23)13(16(25)26-8-17(18,19)20)22-14(24)12-15(22)27-11(21-12)7-10-5-3-2-4-6-10/h2-6,12,15,23H,7-8H2,1H3. The molecule has 27 heavy (non-hydrogen) atoms. The van der Waals surface area contributed by atoms with E-state index in [1.165, 1.54) is 23.6 Å². The van der Waals surface area contributed by atoms with Crippen LogP contribution in [0.3, 0.4) is 0 Å². The second kappa shape index (κ2) is 7.91. The molecule has 2 aliphatic heterocycles. The largest absolute Gasteiger partial charge is 0.510 e. The Morgan fingerprint density at radius 1 is 1.33 bits per heavy atom. The number of hydrogen-bond acceptors (Lipinski definition) is 6. The number of esters is 1. The van der Waals surface area contributed by atoms with Crippen LogP contribution in [0.5, 0.6) is 0 Å². The van der Waals surface area contributed by atoms with Crippen molar-refractivity contribution in [1.82, 2.24) is 4.90 Å². The third-order valence-corrected chi connectivity index (χ3v) is 5.46. The molecule has 2 aliphatic rings. The summed E-state index contributed by atoms with van der Waals surface area (Å²) >= 11 is 18.1. The lowest BCUT2D eigenvalue weighted by molar-refractivity contribution is -0.150. The van der Waals surface area contributed by atoms with Crippen LogP contribution in [-0.2, 0) is 20.7 Å². The molecule has 1 amide bonds. The fraction of sp³-hybridized carbons (Fsp3) is 0.353. The number of alkyl halides is 3. The molecular formula is C17H15Cl3N2O4S. The number of amides is 1. The topological polar surface area (TPSA) is 79.2 Å². The first-order valence-corrected chi connectivity index (χ1v) is 9.93. The zero-order valence-corrected chi connectivity index (χ0v) is 17.1. The summed E-state index contributed by atoms with van der Waals surface area (Å²) in [5.74, 6) is -1.68. The molecule has 2 unspecified atom stereocenters. The van der Waals surface area contributed by atoms with Crippen molar-refractivity contribution in [2.75, 3.05) is 6.61 Å². The van der Waals surface area contributed by atoms with Gasteiger partial charge in [-0.25, -0.2) is 4.79 Å². The number of ether oxygens (including phenoxy) is 1. The van der Waals surface area contributed by atoms with E-state index in [-0.39, 0.29) is 17.4 Å². The Hall–Kier alpha value is -1.41. The van der Waals surface area contributed by atoms with Gasteiger partial charge in [-0.3, -0.25) is 14.7 Å². The molecule has 0 spiro atoms. The van der Waals surface area contributed by atoms with Gasteiger partial charge in [-0.15, -0.1) is 0 Å². The van der Waals surface area contributed by atoms with Crippen molar-refractivity contribution in [2.45, 2.75) is 28.6 Å². The van der Waals surface area contributed by atoms with Crippen LogP contribution in [0.2, 0.25) is 0 Å². The number of aliphatic hydroxyl groups excluding tert-OH is 1. The summed E-state index contributed by atoms with van der Waals surface area (Å²) in [6.07, 6.45) is 0.592. The molecule has 2 heterocycles. The van der Waals surface area contributed by atoms with Crippen LogP contribution in [0.4, 0.5) is 0 Å². The Morgan fingerprint density at radius 3 is 2.59 bits per heavy atom. The number of β-lactam (4-membered cyclic amide) rings is 1. The highest BCUT2D eigenvalue weighted by Gasteiger charge is 2.55. The number of nitrogens with zero attached hydrogens (tertiary/aromatic N) is 2. The van der Waals surface area contributed by atoms with E-state index in [0.29, 0.717) is 6.42 Å². The molecule has 0 bridgehead atoms. The molecule has 144 valence electrons. The molecule has 6 nitrogen and oxygen atoms in total. The van der Waals surface area contributed by atoms with Gasteiger partial charge in [0.2, 0.25) is 3.79 Å². The first kappa shape index (κ1) is 20.3. The predicted octanol–water partition coefficient (Wildman–Crippen LogP) is 3.61. The molecule has 0 radical (unpaired) electrons. The van der Waals surface area contributed by atoms with Gasteiger partial charge in [-0.1, -0.05) is 76.9 Å². The van der Waals surface area contributed by atoms with Gasteiger partial charge < -0.3 is 9.84 Å². The molecule has 3 rings (SSSR count). The smallest absolute Gasteiger partial charge is 0.358 e. The molecule has 0 aliphatic carbocycles. The van der Waals surface area contributed by atoms with Crippen molar-refractivity contribution in [3.05, 3.63) is 47.4 Å². The predicted molar refractivity (Wildman–Crippen MR) is 106 cm³/mol. The van der Waals surface area contributed by atoms with Crippen LogP contribution >= 0.6 is 46.6 Å². The van der Waals surface area contributed by atoms with Crippen molar-refractivity contribution in [3.8, 4) is 0 Å². The summed E-state index contributed by atoms with van der Waals surface area (Å²) < 4.78 is 3.12. The number of halogens is 3. The van der Waals surface area contributed by atoms with Crippen LogP contribution in [0.15, 0.2) is 46.8 Å². The maximum absolute atomic E-state index is 12.5. The number of likely N-dealkylation sites (tertiary alicyclic amines) is 1. The first-order valence-electron chi connectivity index (χ1n) is 7.91. The third-order valence-electron chi connectivity index (χ3n) is 3.90.